The number of rotatable bonds is 4. The van der Waals surface area contributed by atoms with Crippen molar-refractivity contribution in [1.82, 2.24) is 10.2 Å². The molecule has 1 saturated carbocycles. The highest BCUT2D eigenvalue weighted by atomic mass is 15.1. The van der Waals surface area contributed by atoms with Gasteiger partial charge >= 0.3 is 0 Å². The highest BCUT2D eigenvalue weighted by molar-refractivity contribution is 4.80. The zero-order chi connectivity index (χ0) is 13.7. The summed E-state index contributed by atoms with van der Waals surface area (Å²) in [6.45, 7) is 11.0. The SMILES string of the molecule is CC1CCCCC1CNC1CCCN(C(C)C)CC1. The third kappa shape index (κ3) is 4.75. The van der Waals surface area contributed by atoms with E-state index in [1.165, 1.54) is 64.6 Å². The Labute approximate surface area is 120 Å². The summed E-state index contributed by atoms with van der Waals surface area (Å²) in [6.07, 6.45) is 9.93. The molecule has 2 heteroatoms. The van der Waals surface area contributed by atoms with Crippen LogP contribution in [0.4, 0.5) is 0 Å². The van der Waals surface area contributed by atoms with E-state index in [0.29, 0.717) is 0 Å². The monoisotopic (exact) mass is 266 g/mol. The summed E-state index contributed by atoms with van der Waals surface area (Å²) in [6, 6.07) is 1.50. The van der Waals surface area contributed by atoms with Crippen LogP contribution in [-0.2, 0) is 0 Å². The lowest BCUT2D eigenvalue weighted by Crippen LogP contribution is -2.37. The molecule has 0 amide bonds. The summed E-state index contributed by atoms with van der Waals surface area (Å²) in [7, 11) is 0. The van der Waals surface area contributed by atoms with E-state index in [1.54, 1.807) is 0 Å². The fourth-order valence-electron chi connectivity index (χ4n) is 3.85. The van der Waals surface area contributed by atoms with E-state index >= 15 is 0 Å². The van der Waals surface area contributed by atoms with Crippen molar-refractivity contribution >= 4 is 0 Å². The van der Waals surface area contributed by atoms with E-state index in [2.05, 4.69) is 31.0 Å². The van der Waals surface area contributed by atoms with Gasteiger partial charge in [0.05, 0.1) is 0 Å². The molecule has 3 unspecified atom stereocenters. The van der Waals surface area contributed by atoms with E-state index in [1.807, 2.05) is 0 Å². The van der Waals surface area contributed by atoms with Gasteiger partial charge in [-0.2, -0.15) is 0 Å². The third-order valence-electron chi connectivity index (χ3n) is 5.45. The first-order valence-electron chi connectivity index (χ1n) is 8.64. The van der Waals surface area contributed by atoms with Gasteiger partial charge in [0.15, 0.2) is 0 Å². The van der Waals surface area contributed by atoms with Gasteiger partial charge in [-0.25, -0.2) is 0 Å². The van der Waals surface area contributed by atoms with Crippen LogP contribution in [0.2, 0.25) is 0 Å². The maximum Gasteiger partial charge on any atom is 0.00798 e. The molecule has 0 bridgehead atoms. The van der Waals surface area contributed by atoms with Crippen LogP contribution in [0.5, 0.6) is 0 Å². The zero-order valence-corrected chi connectivity index (χ0v) is 13.3. The zero-order valence-electron chi connectivity index (χ0n) is 13.3. The van der Waals surface area contributed by atoms with E-state index in [4.69, 9.17) is 0 Å². The molecule has 112 valence electrons. The first kappa shape index (κ1) is 15.3. The van der Waals surface area contributed by atoms with Crippen LogP contribution in [0.25, 0.3) is 0 Å². The third-order valence-corrected chi connectivity index (χ3v) is 5.45. The van der Waals surface area contributed by atoms with E-state index in [-0.39, 0.29) is 0 Å². The average molecular weight is 266 g/mol. The summed E-state index contributed by atoms with van der Waals surface area (Å²) in [5.74, 6) is 1.89. The molecule has 19 heavy (non-hydrogen) atoms. The van der Waals surface area contributed by atoms with Gasteiger partial charge in [0, 0.05) is 12.1 Å². The summed E-state index contributed by atoms with van der Waals surface area (Å²) < 4.78 is 0. The predicted molar refractivity (Wildman–Crippen MR) is 83.5 cm³/mol. The Hall–Kier alpha value is -0.0800. The molecule has 0 spiro atoms. The van der Waals surface area contributed by atoms with Crippen molar-refractivity contribution < 1.29 is 0 Å². The first-order valence-corrected chi connectivity index (χ1v) is 8.64. The average Bonchev–Trinajstić information content (AvgIpc) is 2.63. The Morgan fingerprint density at radius 1 is 1.00 bits per heavy atom. The molecule has 0 aromatic rings. The Kier molecular flexibility index (Phi) is 6.15. The van der Waals surface area contributed by atoms with Gasteiger partial charge in [0.25, 0.3) is 0 Å². The Balaban J connectivity index is 1.71. The second kappa shape index (κ2) is 7.64. The van der Waals surface area contributed by atoms with Crippen molar-refractivity contribution in [3.8, 4) is 0 Å². The van der Waals surface area contributed by atoms with Gasteiger partial charge in [0.2, 0.25) is 0 Å². The van der Waals surface area contributed by atoms with Gasteiger partial charge in [0.1, 0.15) is 0 Å². The summed E-state index contributed by atoms with van der Waals surface area (Å²) in [5, 5.41) is 3.89. The van der Waals surface area contributed by atoms with Crippen LogP contribution < -0.4 is 5.32 Å². The van der Waals surface area contributed by atoms with Gasteiger partial charge < -0.3 is 10.2 Å². The van der Waals surface area contributed by atoms with Gasteiger partial charge in [-0.1, -0.05) is 26.2 Å². The number of likely N-dealkylation sites (tertiary alicyclic amines) is 1. The lowest BCUT2D eigenvalue weighted by atomic mass is 9.80. The van der Waals surface area contributed by atoms with Crippen LogP contribution >= 0.6 is 0 Å². The fourth-order valence-corrected chi connectivity index (χ4v) is 3.85. The minimum atomic E-state index is 0.720. The minimum Gasteiger partial charge on any atom is -0.314 e. The van der Waals surface area contributed by atoms with Gasteiger partial charge in [-0.05, 0) is 71.0 Å². The minimum absolute atomic E-state index is 0.720. The van der Waals surface area contributed by atoms with Crippen molar-refractivity contribution in [2.45, 2.75) is 77.8 Å². The summed E-state index contributed by atoms with van der Waals surface area (Å²) in [4.78, 5) is 2.64. The van der Waals surface area contributed by atoms with Crippen LogP contribution in [-0.4, -0.2) is 36.6 Å². The normalized spacial score (nSPS) is 34.4. The molecule has 0 aromatic carbocycles. The molecule has 1 saturated heterocycles. The molecule has 2 nitrogen and oxygen atoms in total. The molecule has 2 aliphatic rings. The maximum atomic E-state index is 3.89. The lowest BCUT2D eigenvalue weighted by molar-refractivity contribution is 0.223. The Morgan fingerprint density at radius 3 is 2.53 bits per heavy atom. The lowest BCUT2D eigenvalue weighted by Gasteiger charge is -2.30. The molecule has 2 rings (SSSR count). The molecule has 1 heterocycles. The first-order chi connectivity index (χ1) is 9.16. The van der Waals surface area contributed by atoms with Crippen molar-refractivity contribution in [1.29, 1.82) is 0 Å². The topological polar surface area (TPSA) is 15.3 Å². The van der Waals surface area contributed by atoms with Crippen molar-refractivity contribution in [3.05, 3.63) is 0 Å². The molecule has 1 aliphatic heterocycles. The standard InChI is InChI=1S/C17H34N2/c1-14(2)19-11-6-9-17(10-12-19)18-13-16-8-5-4-7-15(16)3/h14-18H,4-13H2,1-3H3. The van der Waals surface area contributed by atoms with Crippen LogP contribution in [0.1, 0.15) is 65.7 Å². The molecular formula is C17H34N2. The van der Waals surface area contributed by atoms with Gasteiger partial charge in [-0.15, -0.1) is 0 Å². The summed E-state index contributed by atoms with van der Waals surface area (Å²) in [5.41, 5.74) is 0. The quantitative estimate of drug-likeness (QED) is 0.835. The number of nitrogens with one attached hydrogen (secondary N) is 1. The molecule has 1 N–H and O–H groups in total. The van der Waals surface area contributed by atoms with Crippen molar-refractivity contribution in [3.63, 3.8) is 0 Å². The largest absolute Gasteiger partial charge is 0.314 e. The molecule has 3 atom stereocenters. The van der Waals surface area contributed by atoms with Crippen molar-refractivity contribution in [2.24, 2.45) is 11.8 Å². The van der Waals surface area contributed by atoms with Gasteiger partial charge in [-0.3, -0.25) is 0 Å². The Bertz CT molecular complexity index is 252. The molecule has 1 aliphatic carbocycles. The second-order valence-electron chi connectivity index (χ2n) is 7.19. The number of hydrogen-bond donors (Lipinski definition) is 1. The Morgan fingerprint density at radius 2 is 1.79 bits per heavy atom. The highest BCUT2D eigenvalue weighted by Gasteiger charge is 2.23. The van der Waals surface area contributed by atoms with Crippen LogP contribution in [0.15, 0.2) is 0 Å². The fraction of sp³-hybridized carbons (Fsp3) is 1.00. The van der Waals surface area contributed by atoms with E-state index in [0.717, 1.165) is 23.9 Å². The van der Waals surface area contributed by atoms with E-state index < -0.39 is 0 Å². The molecular weight excluding hydrogens is 232 g/mol. The van der Waals surface area contributed by atoms with Crippen molar-refractivity contribution in [2.75, 3.05) is 19.6 Å². The highest BCUT2D eigenvalue weighted by Crippen LogP contribution is 2.29. The van der Waals surface area contributed by atoms with E-state index in [9.17, 15) is 0 Å². The summed E-state index contributed by atoms with van der Waals surface area (Å²) >= 11 is 0. The number of hydrogen-bond acceptors (Lipinski definition) is 2. The number of nitrogens with zero attached hydrogens (tertiary/aromatic N) is 1. The molecule has 0 aromatic heterocycles. The van der Waals surface area contributed by atoms with Crippen LogP contribution in [0, 0.1) is 11.8 Å². The predicted octanol–water partition coefficient (Wildman–Crippen LogP) is 3.67. The second-order valence-corrected chi connectivity index (χ2v) is 7.19. The smallest absolute Gasteiger partial charge is 0.00798 e. The maximum absolute atomic E-state index is 3.89. The van der Waals surface area contributed by atoms with Crippen LogP contribution in [0.3, 0.4) is 0 Å². The molecule has 2 fully saturated rings. The molecule has 0 radical (unpaired) electrons.